The van der Waals surface area contributed by atoms with Crippen molar-refractivity contribution in [1.29, 1.82) is 0 Å². The summed E-state index contributed by atoms with van der Waals surface area (Å²) in [7, 11) is 0.424. The third-order valence-electron chi connectivity index (χ3n) is 18.0. The van der Waals surface area contributed by atoms with Gasteiger partial charge < -0.3 is 74.4 Å². The summed E-state index contributed by atoms with van der Waals surface area (Å²) in [6, 6.07) is 0. The summed E-state index contributed by atoms with van der Waals surface area (Å²) in [4.78, 5) is 47.9. The van der Waals surface area contributed by atoms with Crippen molar-refractivity contribution in [2.75, 3.05) is 99.2 Å². The second-order valence-corrected chi connectivity index (χ2v) is 26.7. The normalized spacial score (nSPS) is 12.2. The molecule has 2 amide bonds. The number of hydrogen-bond acceptors (Lipinski definition) is 16. The molecule has 1 atom stereocenters. The first-order valence-electron chi connectivity index (χ1n) is 36.3. The Hall–Kier alpha value is -1.68. The van der Waals surface area contributed by atoms with Crippen LogP contribution in [0.25, 0.3) is 0 Å². The third-order valence-corrected chi connectivity index (χ3v) is 18.0. The molecule has 0 saturated heterocycles. The van der Waals surface area contributed by atoms with Crippen LogP contribution < -0.4 is 10.6 Å². The van der Waals surface area contributed by atoms with E-state index < -0.39 is 42.3 Å². The van der Waals surface area contributed by atoms with E-state index in [1.54, 1.807) is 27.3 Å². The lowest BCUT2D eigenvalue weighted by Gasteiger charge is -2.33. The fourth-order valence-corrected chi connectivity index (χ4v) is 11.7. The van der Waals surface area contributed by atoms with Crippen LogP contribution in [-0.2, 0) is 19.1 Å². The molecule has 8 N–H and O–H groups in total. The molecule has 0 aromatic heterocycles. The molecule has 0 heterocycles. The minimum Gasteiger partial charge on any atom is -0.466 e. The van der Waals surface area contributed by atoms with Gasteiger partial charge in [0.1, 0.15) is 0 Å². The number of rotatable bonds is 65. The number of hydrogen-bond donors (Lipinski definition) is 8. The van der Waals surface area contributed by atoms with E-state index in [9.17, 15) is 44.5 Å². The molecule has 0 aliphatic carbocycles. The Bertz CT molecular complexity index is 1560. The van der Waals surface area contributed by atoms with Crippen LogP contribution in [0.4, 0.5) is 0 Å². The molecule has 0 radical (unpaired) electrons. The number of esters is 1. The van der Waals surface area contributed by atoms with Crippen molar-refractivity contribution in [2.45, 2.75) is 286 Å². The zero-order chi connectivity index (χ0) is 65.6. The van der Waals surface area contributed by atoms with E-state index in [2.05, 4.69) is 29.9 Å². The van der Waals surface area contributed by atoms with Crippen LogP contribution in [0, 0.1) is 11.8 Å². The van der Waals surface area contributed by atoms with Gasteiger partial charge in [-0.15, -0.1) is 0 Å². The standard InChI is InChI=1S/C64H138B6N8O10/c1-60(59-88-61(2)79)43-40-46-64(81)72-47-34-30-27-25-23-21-19-17-15-13-11-12-14-16-18-20-22-24-26-28-33-45-63(80)71-48-35-31-29-32-44-62(57-77(69(7)86)53-38-36-51-75(67(5)84)55-41-49-73(9)65(3)82)58-78(70(8)87)54-39-37-52-76(68(6)85)56-42-50-74(10)66(4)83/h60,62,82-87H,11-59H2,1-10H3,(H,71,80)(H,72,81)/t60-/m0/s1. The van der Waals surface area contributed by atoms with Gasteiger partial charge in [0.25, 0.3) is 0 Å². The molecule has 0 spiro atoms. The molecular weight excluding hydrogens is 1110 g/mol. The van der Waals surface area contributed by atoms with Gasteiger partial charge in [0.05, 0.1) is 6.61 Å². The smallest absolute Gasteiger partial charge is 0.376 e. The Morgan fingerprint density at radius 3 is 0.989 bits per heavy atom. The van der Waals surface area contributed by atoms with Crippen LogP contribution in [0.1, 0.15) is 245 Å². The van der Waals surface area contributed by atoms with Crippen molar-refractivity contribution in [3.05, 3.63) is 0 Å². The molecule has 512 valence electrons. The van der Waals surface area contributed by atoms with Crippen LogP contribution in [0.3, 0.4) is 0 Å². The lowest BCUT2D eigenvalue weighted by atomic mass is 9.80. The lowest BCUT2D eigenvalue weighted by Crippen LogP contribution is -2.47. The molecule has 0 aromatic carbocycles. The average Bonchev–Trinajstić information content (AvgIpc) is 3.60. The second-order valence-electron chi connectivity index (χ2n) is 26.7. The number of carbonyl (C=O) groups is 3. The maximum atomic E-state index is 12.7. The molecule has 0 unspecified atom stereocenters. The van der Waals surface area contributed by atoms with Crippen molar-refractivity contribution < 1.29 is 49.3 Å². The first kappa shape index (κ1) is 86.3. The van der Waals surface area contributed by atoms with Crippen LogP contribution in [-0.4, -0.2) is 218 Å². The minimum atomic E-state index is -0.621. The SMILES string of the molecule is CB(O)N(C)CCCN(CCCCN(CC(CCCCCCNC(=O)CCCCCCCCCCCCCCCCCCCCCCCNC(=O)CCC[C@H](C)COC(C)=O)CN(CCCCN(CCCN(C)B(C)O)B(C)O)B(C)O)B(C)O)B(C)O. The molecule has 18 nitrogen and oxygen atoms in total. The van der Waals surface area contributed by atoms with Crippen molar-refractivity contribution in [3.8, 4) is 0 Å². The number of ether oxygens (including phenoxy) is 1. The number of nitrogens with one attached hydrogen (secondary N) is 2. The van der Waals surface area contributed by atoms with Crippen molar-refractivity contribution in [1.82, 2.24) is 39.5 Å². The molecule has 0 saturated carbocycles. The van der Waals surface area contributed by atoms with E-state index in [-0.39, 0.29) is 29.6 Å². The molecule has 24 heteroatoms. The van der Waals surface area contributed by atoms with Gasteiger partial charge in [0.2, 0.25) is 11.8 Å². The molecule has 0 bridgehead atoms. The van der Waals surface area contributed by atoms with E-state index in [0.717, 1.165) is 162 Å². The summed E-state index contributed by atoms with van der Waals surface area (Å²) >= 11 is 0. The zero-order valence-electron chi connectivity index (χ0n) is 58.8. The minimum absolute atomic E-state index is 0.135. The maximum Gasteiger partial charge on any atom is 0.376 e. The summed E-state index contributed by atoms with van der Waals surface area (Å²) in [5.41, 5.74) is 0. The summed E-state index contributed by atoms with van der Waals surface area (Å²) in [5.74, 6) is 0.574. The molecule has 0 fully saturated rings. The quantitative estimate of drug-likeness (QED) is 0.0161. The predicted molar refractivity (Wildman–Crippen MR) is 376 cm³/mol. The van der Waals surface area contributed by atoms with E-state index in [4.69, 9.17) is 4.74 Å². The summed E-state index contributed by atoms with van der Waals surface area (Å²) in [6.45, 7) is 23.6. The van der Waals surface area contributed by atoms with Gasteiger partial charge in [-0.2, -0.15) is 0 Å². The van der Waals surface area contributed by atoms with E-state index >= 15 is 0 Å². The molecule has 0 aromatic rings. The highest BCUT2D eigenvalue weighted by atomic mass is 16.5. The Morgan fingerprint density at radius 2 is 0.659 bits per heavy atom. The first-order chi connectivity index (χ1) is 42.1. The molecular formula is C64H138B6N8O10. The average molecular weight is 1240 g/mol. The topological polar surface area (TPSA) is 225 Å². The monoisotopic (exact) mass is 1250 g/mol. The fraction of sp³-hybridized carbons (Fsp3) is 0.953. The van der Waals surface area contributed by atoms with Crippen LogP contribution in [0.5, 0.6) is 0 Å². The van der Waals surface area contributed by atoms with Gasteiger partial charge in [-0.05, 0) is 209 Å². The lowest BCUT2D eigenvalue weighted by molar-refractivity contribution is -0.142. The maximum absolute atomic E-state index is 12.7. The van der Waals surface area contributed by atoms with E-state index in [0.29, 0.717) is 39.1 Å². The van der Waals surface area contributed by atoms with Gasteiger partial charge >= 0.3 is 48.3 Å². The molecule has 0 aliphatic rings. The van der Waals surface area contributed by atoms with E-state index in [1.165, 1.54) is 122 Å². The highest BCUT2D eigenvalue weighted by molar-refractivity contribution is 6.46. The van der Waals surface area contributed by atoms with Crippen LogP contribution in [0.15, 0.2) is 0 Å². The van der Waals surface area contributed by atoms with Gasteiger partial charge in [-0.25, -0.2) is 0 Å². The Morgan fingerprint density at radius 1 is 0.364 bits per heavy atom. The fourth-order valence-electron chi connectivity index (χ4n) is 11.7. The summed E-state index contributed by atoms with van der Waals surface area (Å²) < 4.78 is 5.04. The summed E-state index contributed by atoms with van der Waals surface area (Å²) in [6.07, 6.45) is 40.1. The van der Waals surface area contributed by atoms with Gasteiger partial charge in [-0.3, -0.25) is 14.4 Å². The second kappa shape index (κ2) is 59.1. The van der Waals surface area contributed by atoms with Crippen LogP contribution >= 0.6 is 0 Å². The zero-order valence-corrected chi connectivity index (χ0v) is 58.8. The van der Waals surface area contributed by atoms with Gasteiger partial charge in [-0.1, -0.05) is 148 Å². The predicted octanol–water partition coefficient (Wildman–Crippen LogP) is 9.81. The number of unbranched alkanes of at least 4 members (excludes halogenated alkanes) is 25. The van der Waals surface area contributed by atoms with Crippen molar-refractivity contribution >= 4 is 60.1 Å². The third kappa shape index (κ3) is 53.8. The number of amides is 2. The molecule has 0 aliphatic heterocycles. The Balaban J connectivity index is 4.46. The van der Waals surface area contributed by atoms with Crippen molar-refractivity contribution in [2.24, 2.45) is 11.8 Å². The first-order valence-corrected chi connectivity index (χ1v) is 36.3. The Kier molecular flexibility index (Phi) is 58.0. The van der Waals surface area contributed by atoms with Gasteiger partial charge in [0, 0.05) is 32.9 Å². The van der Waals surface area contributed by atoms with Crippen LogP contribution in [0.2, 0.25) is 40.9 Å². The van der Waals surface area contributed by atoms with Crippen molar-refractivity contribution in [3.63, 3.8) is 0 Å². The Labute approximate surface area is 543 Å². The molecule has 0 rings (SSSR count). The number of nitrogens with zero attached hydrogens (tertiary/aromatic N) is 6. The highest BCUT2D eigenvalue weighted by Gasteiger charge is 2.26. The number of carbonyl (C=O) groups excluding carboxylic acids is 3. The van der Waals surface area contributed by atoms with Gasteiger partial charge in [0.15, 0.2) is 0 Å². The summed E-state index contributed by atoms with van der Waals surface area (Å²) in [5, 5.41) is 69.0. The highest BCUT2D eigenvalue weighted by Crippen LogP contribution is 2.19. The molecule has 88 heavy (non-hydrogen) atoms. The van der Waals surface area contributed by atoms with E-state index in [1.807, 2.05) is 44.3 Å². The largest absolute Gasteiger partial charge is 0.466 e.